The topological polar surface area (TPSA) is 91.0 Å². The average Bonchev–Trinajstić information content (AvgIpc) is 2.94. The molecule has 0 aromatic heterocycles. The number of likely N-dealkylation sites (N-methyl/N-ethyl adjacent to an activating group) is 1. The molecule has 2 aromatic rings. The Labute approximate surface area is 183 Å². The van der Waals surface area contributed by atoms with Crippen LogP contribution in [0.4, 0.5) is 10.1 Å². The number of rotatable bonds is 7. The van der Waals surface area contributed by atoms with Gasteiger partial charge in [0, 0.05) is 18.3 Å². The van der Waals surface area contributed by atoms with Crippen LogP contribution in [0.25, 0.3) is 0 Å². The van der Waals surface area contributed by atoms with Gasteiger partial charge >= 0.3 is 0 Å². The van der Waals surface area contributed by atoms with Gasteiger partial charge in [-0.3, -0.25) is 24.7 Å². The third-order valence-corrected chi connectivity index (χ3v) is 5.05. The number of thiocarbonyl (C=S) groups is 1. The highest BCUT2D eigenvalue weighted by molar-refractivity contribution is 7.80. The smallest absolute Gasteiger partial charge is 0.269 e. The van der Waals surface area contributed by atoms with Crippen molar-refractivity contribution >= 4 is 40.7 Å². The fraction of sp³-hybridized carbons (Fsp3) is 0.238. The highest BCUT2D eigenvalue weighted by atomic mass is 32.1. The molecule has 3 rings (SSSR count). The summed E-state index contributed by atoms with van der Waals surface area (Å²) in [4.78, 5) is 38.8. The molecule has 1 aliphatic rings. The first kappa shape index (κ1) is 22.2. The molecule has 2 N–H and O–H groups in total. The van der Waals surface area contributed by atoms with E-state index in [9.17, 15) is 18.8 Å². The van der Waals surface area contributed by atoms with E-state index < -0.39 is 29.6 Å². The Bertz CT molecular complexity index is 997. The molecule has 1 saturated heterocycles. The summed E-state index contributed by atoms with van der Waals surface area (Å²) in [6, 6.07) is 10.7. The largest absolute Gasteiger partial charge is 0.494 e. The predicted molar refractivity (Wildman–Crippen MR) is 116 cm³/mol. The summed E-state index contributed by atoms with van der Waals surface area (Å²) < 4.78 is 18.5. The number of carbonyl (C=O) groups excluding carboxylic acids is 3. The minimum Gasteiger partial charge on any atom is -0.494 e. The van der Waals surface area contributed by atoms with Gasteiger partial charge in [0.25, 0.3) is 11.8 Å². The molecule has 3 amide bonds. The van der Waals surface area contributed by atoms with Crippen LogP contribution in [-0.2, 0) is 9.59 Å². The zero-order chi connectivity index (χ0) is 22.5. The molecule has 10 heteroatoms. The number of anilines is 1. The Morgan fingerprint density at radius 1 is 1.13 bits per heavy atom. The minimum absolute atomic E-state index is 0.0549. The van der Waals surface area contributed by atoms with Crippen LogP contribution >= 0.6 is 12.2 Å². The second-order valence-electron chi connectivity index (χ2n) is 6.72. The molecule has 0 bridgehead atoms. The van der Waals surface area contributed by atoms with Crippen molar-refractivity contribution in [1.29, 1.82) is 0 Å². The van der Waals surface area contributed by atoms with Crippen molar-refractivity contribution in [2.24, 2.45) is 0 Å². The van der Waals surface area contributed by atoms with Gasteiger partial charge in [0.1, 0.15) is 17.6 Å². The summed E-state index contributed by atoms with van der Waals surface area (Å²) in [6.45, 7) is 2.40. The summed E-state index contributed by atoms with van der Waals surface area (Å²) in [5, 5.41) is 3.95. The first-order valence-corrected chi connectivity index (χ1v) is 9.91. The number of halogens is 1. The van der Waals surface area contributed by atoms with Crippen molar-refractivity contribution < 1.29 is 23.5 Å². The summed E-state index contributed by atoms with van der Waals surface area (Å²) in [5.41, 5.74) is 3.26. The first-order valence-electron chi connectivity index (χ1n) is 9.50. The molecule has 8 nitrogen and oxygen atoms in total. The standard InChI is InChI=1S/C21H21FN4O4S/c1-3-30-16-10-8-15(9-11-16)23-18(27)12-17-20(29)25(2)21(31)26(17)24-19(28)13-4-6-14(22)7-5-13/h4-11,17H,3,12H2,1-2H3,(H,23,27)(H,24,28). The van der Waals surface area contributed by atoms with Gasteiger partial charge in [-0.2, -0.15) is 0 Å². The van der Waals surface area contributed by atoms with E-state index in [1.165, 1.54) is 29.1 Å². The summed E-state index contributed by atoms with van der Waals surface area (Å²) >= 11 is 5.24. The Morgan fingerprint density at radius 3 is 2.39 bits per heavy atom. The Balaban J connectivity index is 1.68. The monoisotopic (exact) mass is 444 g/mol. The molecular weight excluding hydrogens is 423 g/mol. The van der Waals surface area contributed by atoms with Crippen molar-refractivity contribution in [3.8, 4) is 5.75 Å². The van der Waals surface area contributed by atoms with Crippen molar-refractivity contribution in [3.05, 3.63) is 59.9 Å². The second-order valence-corrected chi connectivity index (χ2v) is 7.09. The van der Waals surface area contributed by atoms with Gasteiger partial charge in [0.15, 0.2) is 5.11 Å². The lowest BCUT2D eigenvalue weighted by atomic mass is 10.2. The van der Waals surface area contributed by atoms with E-state index in [1.54, 1.807) is 24.3 Å². The molecule has 0 saturated carbocycles. The summed E-state index contributed by atoms with van der Waals surface area (Å²) in [7, 11) is 1.46. The Hall–Kier alpha value is -3.53. The normalized spacial score (nSPS) is 15.8. The molecule has 162 valence electrons. The van der Waals surface area contributed by atoms with Crippen LogP contribution < -0.4 is 15.5 Å². The van der Waals surface area contributed by atoms with E-state index in [0.29, 0.717) is 18.0 Å². The maximum absolute atomic E-state index is 13.1. The fourth-order valence-electron chi connectivity index (χ4n) is 2.99. The van der Waals surface area contributed by atoms with Crippen molar-refractivity contribution in [2.75, 3.05) is 19.0 Å². The Kier molecular flexibility index (Phi) is 6.81. The van der Waals surface area contributed by atoms with Gasteiger partial charge in [-0.15, -0.1) is 0 Å². The van der Waals surface area contributed by atoms with Crippen molar-refractivity contribution in [1.82, 2.24) is 15.3 Å². The van der Waals surface area contributed by atoms with Crippen LogP contribution in [0.3, 0.4) is 0 Å². The fourth-order valence-corrected chi connectivity index (χ4v) is 3.25. The quantitative estimate of drug-likeness (QED) is 0.637. The molecule has 1 heterocycles. The number of nitrogens with one attached hydrogen (secondary N) is 2. The zero-order valence-corrected chi connectivity index (χ0v) is 17.7. The SMILES string of the molecule is CCOc1ccc(NC(=O)CC2C(=O)N(C)C(=S)N2NC(=O)c2ccc(F)cc2)cc1. The van der Waals surface area contributed by atoms with Crippen LogP contribution in [-0.4, -0.2) is 52.4 Å². The lowest BCUT2D eigenvalue weighted by Gasteiger charge is -2.24. The van der Waals surface area contributed by atoms with Gasteiger partial charge in [0.05, 0.1) is 13.0 Å². The number of amides is 3. The van der Waals surface area contributed by atoms with Crippen LogP contribution in [0, 0.1) is 5.82 Å². The first-order chi connectivity index (χ1) is 14.8. The number of benzene rings is 2. The maximum atomic E-state index is 13.1. The average molecular weight is 444 g/mol. The van der Waals surface area contributed by atoms with Gasteiger partial charge in [-0.05, 0) is 67.7 Å². The summed E-state index contributed by atoms with van der Waals surface area (Å²) in [5.74, 6) is -1.24. The van der Waals surface area contributed by atoms with E-state index in [2.05, 4.69) is 10.7 Å². The van der Waals surface area contributed by atoms with Gasteiger partial charge < -0.3 is 10.1 Å². The lowest BCUT2D eigenvalue weighted by molar-refractivity contribution is -0.130. The summed E-state index contributed by atoms with van der Waals surface area (Å²) in [6.07, 6.45) is -0.236. The number of nitrogens with zero attached hydrogens (tertiary/aromatic N) is 2. The number of carbonyl (C=O) groups is 3. The van der Waals surface area contributed by atoms with Crippen molar-refractivity contribution in [3.63, 3.8) is 0 Å². The number of hydrogen-bond donors (Lipinski definition) is 2. The molecule has 0 aliphatic carbocycles. The number of hydrazine groups is 1. The van der Waals surface area contributed by atoms with E-state index in [0.717, 1.165) is 12.1 Å². The predicted octanol–water partition coefficient (Wildman–Crippen LogP) is 2.33. The van der Waals surface area contributed by atoms with E-state index >= 15 is 0 Å². The third kappa shape index (κ3) is 5.15. The highest BCUT2D eigenvalue weighted by Gasteiger charge is 2.42. The highest BCUT2D eigenvalue weighted by Crippen LogP contribution is 2.20. The molecule has 1 aliphatic heterocycles. The third-order valence-electron chi connectivity index (χ3n) is 4.58. The lowest BCUT2D eigenvalue weighted by Crippen LogP contribution is -2.49. The number of ether oxygens (including phenoxy) is 1. The van der Waals surface area contributed by atoms with E-state index in [1.807, 2.05) is 6.92 Å². The Morgan fingerprint density at radius 2 is 1.77 bits per heavy atom. The second kappa shape index (κ2) is 9.52. The molecule has 1 atom stereocenters. The molecule has 31 heavy (non-hydrogen) atoms. The van der Waals surface area contributed by atoms with E-state index in [4.69, 9.17) is 17.0 Å². The molecule has 0 spiro atoms. The van der Waals surface area contributed by atoms with Crippen LogP contribution in [0.15, 0.2) is 48.5 Å². The number of hydrogen-bond acceptors (Lipinski definition) is 5. The minimum atomic E-state index is -1.01. The maximum Gasteiger partial charge on any atom is 0.269 e. The molecular formula is C21H21FN4O4S. The van der Waals surface area contributed by atoms with Crippen LogP contribution in [0.1, 0.15) is 23.7 Å². The zero-order valence-electron chi connectivity index (χ0n) is 16.9. The van der Waals surface area contributed by atoms with Gasteiger partial charge in [-0.1, -0.05) is 0 Å². The molecule has 0 radical (unpaired) electrons. The van der Waals surface area contributed by atoms with Crippen LogP contribution in [0.5, 0.6) is 5.75 Å². The molecule has 1 fully saturated rings. The van der Waals surface area contributed by atoms with E-state index in [-0.39, 0.29) is 17.1 Å². The molecule has 2 aromatic carbocycles. The van der Waals surface area contributed by atoms with Crippen molar-refractivity contribution in [2.45, 2.75) is 19.4 Å². The molecule has 1 unspecified atom stereocenters. The van der Waals surface area contributed by atoms with Gasteiger partial charge in [0.2, 0.25) is 5.91 Å². The van der Waals surface area contributed by atoms with Crippen LogP contribution in [0.2, 0.25) is 0 Å². The van der Waals surface area contributed by atoms with Gasteiger partial charge in [-0.25, -0.2) is 9.40 Å².